The standard InChI is InChI=1S/C16H25N3O/c1-18(10-4-9-17)16(20)13-19-11-7-14-5-2-3-6-15(14)8-12-19/h2-3,5-6H,4,7-13,17H2,1H3. The topological polar surface area (TPSA) is 49.6 Å². The molecule has 4 heteroatoms. The second kappa shape index (κ2) is 7.41. The second-order valence-corrected chi connectivity index (χ2v) is 5.50. The van der Waals surface area contributed by atoms with E-state index in [4.69, 9.17) is 5.73 Å². The van der Waals surface area contributed by atoms with E-state index in [0.717, 1.165) is 38.9 Å². The van der Waals surface area contributed by atoms with Crippen LogP contribution in [0.15, 0.2) is 24.3 Å². The molecule has 110 valence electrons. The van der Waals surface area contributed by atoms with E-state index in [1.807, 2.05) is 7.05 Å². The maximum Gasteiger partial charge on any atom is 0.236 e. The highest BCUT2D eigenvalue weighted by molar-refractivity contribution is 5.78. The van der Waals surface area contributed by atoms with Crippen LogP contribution in [0.2, 0.25) is 0 Å². The van der Waals surface area contributed by atoms with Gasteiger partial charge in [0.15, 0.2) is 0 Å². The number of carbonyl (C=O) groups excluding carboxylic acids is 1. The van der Waals surface area contributed by atoms with Crippen LogP contribution < -0.4 is 5.73 Å². The van der Waals surface area contributed by atoms with Gasteiger partial charge in [0.2, 0.25) is 5.91 Å². The second-order valence-electron chi connectivity index (χ2n) is 5.50. The summed E-state index contributed by atoms with van der Waals surface area (Å²) in [5.41, 5.74) is 8.34. The summed E-state index contributed by atoms with van der Waals surface area (Å²) in [6.07, 6.45) is 2.94. The number of fused-ring (bicyclic) bond motifs is 1. The van der Waals surface area contributed by atoms with Gasteiger partial charge in [0, 0.05) is 26.7 Å². The third kappa shape index (κ3) is 4.05. The minimum atomic E-state index is 0.199. The van der Waals surface area contributed by atoms with Crippen LogP contribution >= 0.6 is 0 Å². The number of nitrogens with zero attached hydrogens (tertiary/aromatic N) is 2. The van der Waals surface area contributed by atoms with Gasteiger partial charge in [0.05, 0.1) is 6.54 Å². The van der Waals surface area contributed by atoms with E-state index in [1.54, 1.807) is 4.90 Å². The summed E-state index contributed by atoms with van der Waals surface area (Å²) in [7, 11) is 1.87. The number of rotatable bonds is 5. The van der Waals surface area contributed by atoms with Crippen molar-refractivity contribution in [3.63, 3.8) is 0 Å². The number of carbonyl (C=O) groups is 1. The first kappa shape index (κ1) is 15.0. The molecule has 4 nitrogen and oxygen atoms in total. The Morgan fingerprint density at radius 1 is 1.25 bits per heavy atom. The zero-order valence-electron chi connectivity index (χ0n) is 12.3. The maximum atomic E-state index is 12.1. The Kier molecular flexibility index (Phi) is 5.56. The summed E-state index contributed by atoms with van der Waals surface area (Å²) in [5.74, 6) is 0.199. The van der Waals surface area contributed by atoms with Crippen LogP contribution in [0.3, 0.4) is 0 Å². The summed E-state index contributed by atoms with van der Waals surface area (Å²) < 4.78 is 0. The average molecular weight is 275 g/mol. The van der Waals surface area contributed by atoms with Gasteiger partial charge in [-0.2, -0.15) is 0 Å². The largest absolute Gasteiger partial charge is 0.345 e. The zero-order chi connectivity index (χ0) is 14.4. The molecule has 0 aromatic heterocycles. The van der Waals surface area contributed by atoms with Crippen LogP contribution in [0.25, 0.3) is 0 Å². The fraction of sp³-hybridized carbons (Fsp3) is 0.562. The van der Waals surface area contributed by atoms with E-state index in [9.17, 15) is 4.79 Å². The molecule has 2 N–H and O–H groups in total. The molecule has 0 aliphatic carbocycles. The van der Waals surface area contributed by atoms with Gasteiger partial charge in [0.1, 0.15) is 0 Å². The molecule has 1 amide bonds. The highest BCUT2D eigenvalue weighted by Gasteiger charge is 2.17. The van der Waals surface area contributed by atoms with E-state index in [1.165, 1.54) is 11.1 Å². The molecule has 1 aromatic carbocycles. The van der Waals surface area contributed by atoms with Gasteiger partial charge in [-0.1, -0.05) is 24.3 Å². The van der Waals surface area contributed by atoms with Crippen molar-refractivity contribution in [2.75, 3.05) is 39.8 Å². The van der Waals surface area contributed by atoms with Gasteiger partial charge in [-0.05, 0) is 36.9 Å². The Morgan fingerprint density at radius 3 is 2.40 bits per heavy atom. The fourth-order valence-corrected chi connectivity index (χ4v) is 2.64. The van der Waals surface area contributed by atoms with Crippen molar-refractivity contribution >= 4 is 5.91 Å². The van der Waals surface area contributed by atoms with E-state index in [0.29, 0.717) is 13.1 Å². The van der Waals surface area contributed by atoms with Gasteiger partial charge in [0.25, 0.3) is 0 Å². The van der Waals surface area contributed by atoms with Crippen LogP contribution in [0.5, 0.6) is 0 Å². The SMILES string of the molecule is CN(CCCN)C(=O)CN1CCc2ccccc2CC1. The molecule has 1 heterocycles. The van der Waals surface area contributed by atoms with Crippen molar-refractivity contribution in [1.29, 1.82) is 0 Å². The van der Waals surface area contributed by atoms with Crippen molar-refractivity contribution in [2.24, 2.45) is 5.73 Å². The van der Waals surface area contributed by atoms with Crippen molar-refractivity contribution in [2.45, 2.75) is 19.3 Å². The molecule has 1 aliphatic rings. The van der Waals surface area contributed by atoms with Crippen LogP contribution in [0, 0.1) is 0 Å². The van der Waals surface area contributed by atoms with Crippen LogP contribution in [0.4, 0.5) is 0 Å². The molecule has 2 rings (SSSR count). The predicted octanol–water partition coefficient (Wildman–Crippen LogP) is 0.894. The first-order valence-corrected chi connectivity index (χ1v) is 7.44. The highest BCUT2D eigenvalue weighted by Crippen LogP contribution is 2.15. The van der Waals surface area contributed by atoms with Gasteiger partial charge in [-0.3, -0.25) is 9.69 Å². The Hall–Kier alpha value is -1.39. The minimum Gasteiger partial charge on any atom is -0.345 e. The zero-order valence-corrected chi connectivity index (χ0v) is 12.3. The summed E-state index contributed by atoms with van der Waals surface area (Å²) in [5, 5.41) is 0. The number of benzene rings is 1. The maximum absolute atomic E-state index is 12.1. The number of amides is 1. The molecular weight excluding hydrogens is 250 g/mol. The Morgan fingerprint density at radius 2 is 1.85 bits per heavy atom. The van der Waals surface area contributed by atoms with E-state index >= 15 is 0 Å². The lowest BCUT2D eigenvalue weighted by molar-refractivity contribution is -0.131. The van der Waals surface area contributed by atoms with Crippen molar-refractivity contribution in [1.82, 2.24) is 9.80 Å². The first-order chi connectivity index (χ1) is 9.70. The molecule has 1 aliphatic heterocycles. The van der Waals surface area contributed by atoms with E-state index < -0.39 is 0 Å². The molecule has 0 unspecified atom stereocenters. The molecule has 0 atom stereocenters. The van der Waals surface area contributed by atoms with Gasteiger partial charge < -0.3 is 10.6 Å². The molecule has 0 saturated carbocycles. The molecule has 0 radical (unpaired) electrons. The molecule has 0 bridgehead atoms. The highest BCUT2D eigenvalue weighted by atomic mass is 16.2. The van der Waals surface area contributed by atoms with Gasteiger partial charge >= 0.3 is 0 Å². The van der Waals surface area contributed by atoms with Crippen molar-refractivity contribution in [3.05, 3.63) is 35.4 Å². The van der Waals surface area contributed by atoms with E-state index in [-0.39, 0.29) is 5.91 Å². The number of likely N-dealkylation sites (N-methyl/N-ethyl adjacent to an activating group) is 1. The molecular formula is C16H25N3O. The molecule has 20 heavy (non-hydrogen) atoms. The summed E-state index contributed by atoms with van der Waals surface area (Å²) in [6, 6.07) is 8.60. The van der Waals surface area contributed by atoms with Crippen LogP contribution in [-0.4, -0.2) is 55.5 Å². The fourth-order valence-electron chi connectivity index (χ4n) is 2.64. The quantitative estimate of drug-likeness (QED) is 0.868. The van der Waals surface area contributed by atoms with Crippen LogP contribution in [0.1, 0.15) is 17.5 Å². The number of hydrogen-bond donors (Lipinski definition) is 1. The average Bonchev–Trinajstić information content (AvgIpc) is 2.67. The molecule has 0 spiro atoms. The number of nitrogens with two attached hydrogens (primary N) is 1. The summed E-state index contributed by atoms with van der Waals surface area (Å²) in [4.78, 5) is 16.2. The monoisotopic (exact) mass is 275 g/mol. The molecule has 0 saturated heterocycles. The van der Waals surface area contributed by atoms with Crippen molar-refractivity contribution in [3.8, 4) is 0 Å². The minimum absolute atomic E-state index is 0.199. The first-order valence-electron chi connectivity index (χ1n) is 7.44. The number of hydrogen-bond acceptors (Lipinski definition) is 3. The predicted molar refractivity (Wildman–Crippen MR) is 81.6 cm³/mol. The Bertz CT molecular complexity index is 420. The van der Waals surface area contributed by atoms with E-state index in [2.05, 4.69) is 29.2 Å². The Balaban J connectivity index is 1.85. The Labute approximate surface area is 121 Å². The molecule has 1 aromatic rings. The lowest BCUT2D eigenvalue weighted by Gasteiger charge is -2.23. The van der Waals surface area contributed by atoms with Gasteiger partial charge in [-0.15, -0.1) is 0 Å². The molecule has 0 fully saturated rings. The summed E-state index contributed by atoms with van der Waals surface area (Å²) in [6.45, 7) is 3.84. The third-order valence-corrected chi connectivity index (χ3v) is 4.00. The third-order valence-electron chi connectivity index (χ3n) is 4.00. The smallest absolute Gasteiger partial charge is 0.236 e. The normalized spacial score (nSPS) is 15.5. The lowest BCUT2D eigenvalue weighted by atomic mass is 10.0. The summed E-state index contributed by atoms with van der Waals surface area (Å²) >= 11 is 0. The lowest BCUT2D eigenvalue weighted by Crippen LogP contribution is -2.40. The van der Waals surface area contributed by atoms with Gasteiger partial charge in [-0.25, -0.2) is 0 Å². The van der Waals surface area contributed by atoms with Crippen molar-refractivity contribution < 1.29 is 4.79 Å². The van der Waals surface area contributed by atoms with Crippen LogP contribution in [-0.2, 0) is 17.6 Å².